The lowest BCUT2D eigenvalue weighted by Crippen LogP contribution is -2.18. The number of rotatable bonds is 6. The zero-order valence-corrected chi connectivity index (χ0v) is 22.0. The lowest BCUT2D eigenvalue weighted by molar-refractivity contribution is -0.141. The summed E-state index contributed by atoms with van der Waals surface area (Å²) in [5, 5.41) is 3.74. The van der Waals surface area contributed by atoms with Gasteiger partial charge in [-0.15, -0.1) is 0 Å². The minimum absolute atomic E-state index is 0.331. The van der Waals surface area contributed by atoms with E-state index in [2.05, 4.69) is 41.0 Å². The highest BCUT2D eigenvalue weighted by molar-refractivity contribution is 5.92. The minimum atomic E-state index is -4.48. The zero-order valence-electron chi connectivity index (χ0n) is 22.0. The number of fused-ring (bicyclic) bond motifs is 1. The maximum atomic E-state index is 13.1. The molecule has 5 aromatic rings. The van der Waals surface area contributed by atoms with E-state index < -0.39 is 11.9 Å². The molecule has 0 N–H and O–H groups in total. The molecule has 6 nitrogen and oxygen atoms in total. The van der Waals surface area contributed by atoms with Gasteiger partial charge < -0.3 is 9.47 Å². The van der Waals surface area contributed by atoms with Gasteiger partial charge in [-0.1, -0.05) is 50.2 Å². The van der Waals surface area contributed by atoms with E-state index in [-0.39, 0.29) is 0 Å². The number of hydrogen-bond donors (Lipinski definition) is 0. The summed E-state index contributed by atoms with van der Waals surface area (Å²) in [7, 11) is 3.95. The van der Waals surface area contributed by atoms with Gasteiger partial charge in [0.25, 0.3) is 0 Å². The number of anilines is 1. The fraction of sp³-hybridized carbons (Fsp3) is 0.276. The number of alkyl halides is 3. The molecule has 38 heavy (non-hydrogen) atoms. The van der Waals surface area contributed by atoms with Crippen LogP contribution in [0.25, 0.3) is 28.0 Å². The monoisotopic (exact) mass is 518 g/mol. The fourth-order valence-corrected chi connectivity index (χ4v) is 4.69. The second-order valence-electron chi connectivity index (χ2n) is 9.90. The van der Waals surface area contributed by atoms with Gasteiger partial charge in [-0.25, -0.2) is 14.6 Å². The Balaban J connectivity index is 1.46. The molecule has 0 aliphatic heterocycles. The Morgan fingerprint density at radius 1 is 1.00 bits per heavy atom. The molecule has 9 heteroatoms. The lowest BCUT2D eigenvalue weighted by Gasteiger charge is -2.21. The predicted octanol–water partition coefficient (Wildman–Crippen LogP) is 6.91. The van der Waals surface area contributed by atoms with Gasteiger partial charge in [0.15, 0.2) is 5.69 Å². The molecular formula is C29H29F3N6. The molecule has 3 heterocycles. The summed E-state index contributed by atoms with van der Waals surface area (Å²) in [6.45, 7) is 6.51. The van der Waals surface area contributed by atoms with E-state index in [1.54, 1.807) is 25.4 Å². The third-order valence-corrected chi connectivity index (χ3v) is 6.71. The highest BCUT2D eigenvalue weighted by atomic mass is 19.4. The van der Waals surface area contributed by atoms with Crippen LogP contribution in [0.2, 0.25) is 0 Å². The standard InChI is InChI=1S/C29H29F3N6/c1-18(2)22-8-6-7-9-23(22)27-28-24(37(5)17-33-28)15-26(34-27)36(4)16-20-10-12-21(13-11-20)38-19(3)14-25(35-38)29(30,31)32/h6-15,17-18H,16H2,1-5H3. The summed E-state index contributed by atoms with van der Waals surface area (Å²) < 4.78 is 42.5. The van der Waals surface area contributed by atoms with E-state index in [0.717, 1.165) is 39.7 Å². The number of pyridine rings is 1. The SMILES string of the molecule is Cc1cc(C(F)(F)F)nn1-c1ccc(CN(C)c2cc3c(ncn3C)c(-c3ccccc3C(C)C)n2)cc1. The number of nitrogens with zero attached hydrogens (tertiary/aromatic N) is 6. The molecule has 3 aromatic heterocycles. The van der Waals surface area contributed by atoms with Gasteiger partial charge >= 0.3 is 6.18 Å². The molecular weight excluding hydrogens is 489 g/mol. The summed E-state index contributed by atoms with van der Waals surface area (Å²) in [4.78, 5) is 11.8. The Kier molecular flexibility index (Phi) is 6.46. The summed E-state index contributed by atoms with van der Waals surface area (Å²) in [5.74, 6) is 1.13. The van der Waals surface area contributed by atoms with Crippen LogP contribution in [0.4, 0.5) is 19.0 Å². The molecule has 0 saturated carbocycles. The van der Waals surface area contributed by atoms with Crippen LogP contribution in [-0.4, -0.2) is 31.4 Å². The van der Waals surface area contributed by atoms with E-state index in [4.69, 9.17) is 4.98 Å². The first kappa shape index (κ1) is 25.5. The molecule has 0 radical (unpaired) electrons. The van der Waals surface area contributed by atoms with E-state index >= 15 is 0 Å². The zero-order chi connectivity index (χ0) is 27.2. The minimum Gasteiger partial charge on any atom is -0.355 e. The van der Waals surface area contributed by atoms with Crippen molar-refractivity contribution in [3.8, 4) is 16.9 Å². The van der Waals surface area contributed by atoms with Crippen LogP contribution in [0.1, 0.15) is 42.3 Å². The molecule has 2 aromatic carbocycles. The molecule has 0 fully saturated rings. The van der Waals surface area contributed by atoms with Crippen molar-refractivity contribution < 1.29 is 13.2 Å². The first-order chi connectivity index (χ1) is 18.0. The third kappa shape index (κ3) is 4.76. The molecule has 0 amide bonds. The van der Waals surface area contributed by atoms with Crippen molar-refractivity contribution in [2.75, 3.05) is 11.9 Å². The molecule has 0 saturated heterocycles. The number of hydrogen-bond acceptors (Lipinski definition) is 4. The second kappa shape index (κ2) is 9.63. The van der Waals surface area contributed by atoms with E-state index in [9.17, 15) is 13.2 Å². The number of halogens is 3. The normalized spacial score (nSPS) is 12.0. The Labute approximate surface area is 219 Å². The predicted molar refractivity (Wildman–Crippen MR) is 143 cm³/mol. The Morgan fingerprint density at radius 3 is 2.37 bits per heavy atom. The number of aryl methyl sites for hydroxylation is 2. The van der Waals surface area contributed by atoms with Crippen molar-refractivity contribution in [2.45, 2.75) is 39.4 Å². The maximum Gasteiger partial charge on any atom is 0.435 e. The number of benzene rings is 2. The largest absolute Gasteiger partial charge is 0.435 e. The maximum absolute atomic E-state index is 13.1. The van der Waals surface area contributed by atoms with Gasteiger partial charge in [-0.05, 0) is 42.2 Å². The second-order valence-corrected chi connectivity index (χ2v) is 9.90. The molecule has 0 atom stereocenters. The van der Waals surface area contributed by atoms with Crippen molar-refractivity contribution >= 4 is 16.9 Å². The van der Waals surface area contributed by atoms with Crippen molar-refractivity contribution in [3.63, 3.8) is 0 Å². The summed E-state index contributed by atoms with van der Waals surface area (Å²) in [5.41, 5.74) is 6.06. The molecule has 0 bridgehead atoms. The van der Waals surface area contributed by atoms with Crippen LogP contribution in [0.3, 0.4) is 0 Å². The average molecular weight is 519 g/mol. The van der Waals surface area contributed by atoms with Crippen LogP contribution >= 0.6 is 0 Å². The lowest BCUT2D eigenvalue weighted by atomic mass is 9.94. The quantitative estimate of drug-likeness (QED) is 0.245. The Hall–Kier alpha value is -4.14. The van der Waals surface area contributed by atoms with Crippen molar-refractivity contribution in [3.05, 3.63) is 89.5 Å². The molecule has 0 aliphatic carbocycles. The van der Waals surface area contributed by atoms with E-state index in [1.807, 2.05) is 49.0 Å². The van der Waals surface area contributed by atoms with Crippen LogP contribution in [0.15, 0.2) is 67.0 Å². The highest BCUT2D eigenvalue weighted by Gasteiger charge is 2.34. The highest BCUT2D eigenvalue weighted by Crippen LogP contribution is 2.34. The van der Waals surface area contributed by atoms with E-state index in [0.29, 0.717) is 23.8 Å². The van der Waals surface area contributed by atoms with Crippen molar-refractivity contribution in [2.24, 2.45) is 7.05 Å². The first-order valence-electron chi connectivity index (χ1n) is 12.4. The summed E-state index contributed by atoms with van der Waals surface area (Å²) >= 11 is 0. The number of aromatic nitrogens is 5. The summed E-state index contributed by atoms with van der Waals surface area (Å²) in [6.07, 6.45) is -2.67. The van der Waals surface area contributed by atoms with Crippen LogP contribution in [-0.2, 0) is 19.8 Å². The van der Waals surface area contributed by atoms with Crippen LogP contribution in [0.5, 0.6) is 0 Å². The smallest absolute Gasteiger partial charge is 0.355 e. The van der Waals surface area contributed by atoms with Gasteiger partial charge in [0.1, 0.15) is 17.0 Å². The third-order valence-electron chi connectivity index (χ3n) is 6.71. The van der Waals surface area contributed by atoms with Crippen molar-refractivity contribution in [1.29, 1.82) is 0 Å². The van der Waals surface area contributed by atoms with Gasteiger partial charge in [-0.2, -0.15) is 18.3 Å². The van der Waals surface area contributed by atoms with Gasteiger partial charge in [0, 0.05) is 38.0 Å². The van der Waals surface area contributed by atoms with Gasteiger partial charge in [-0.3, -0.25) is 0 Å². The van der Waals surface area contributed by atoms with Crippen LogP contribution < -0.4 is 4.90 Å². The molecule has 0 spiro atoms. The topological polar surface area (TPSA) is 51.8 Å². The fourth-order valence-electron chi connectivity index (χ4n) is 4.69. The number of imidazole rings is 1. The van der Waals surface area contributed by atoms with E-state index in [1.165, 1.54) is 10.2 Å². The molecule has 0 unspecified atom stereocenters. The molecule has 5 rings (SSSR count). The summed E-state index contributed by atoms with van der Waals surface area (Å²) in [6, 6.07) is 18.7. The molecule has 196 valence electrons. The van der Waals surface area contributed by atoms with Gasteiger partial charge in [0.2, 0.25) is 0 Å². The van der Waals surface area contributed by atoms with Crippen molar-refractivity contribution in [1.82, 2.24) is 24.3 Å². The Bertz CT molecular complexity index is 1600. The average Bonchev–Trinajstić information content (AvgIpc) is 3.46. The van der Waals surface area contributed by atoms with Gasteiger partial charge in [0.05, 0.1) is 17.5 Å². The molecule has 0 aliphatic rings. The van der Waals surface area contributed by atoms with Crippen LogP contribution in [0, 0.1) is 6.92 Å². The first-order valence-corrected chi connectivity index (χ1v) is 12.4. The Morgan fingerprint density at radius 2 is 1.71 bits per heavy atom.